The van der Waals surface area contributed by atoms with Crippen molar-refractivity contribution in [3.05, 3.63) is 46.8 Å². The molecule has 112 valence electrons. The standard InChI is InChI=1S/C17H23N3O/c1-11-6-7-16(8-12(11)2)18-17(21)10-15(5)20-14(4)9-13(3)19-20/h6-9,15H,10H2,1-5H3,(H,18,21)/t15-/m1/s1. The van der Waals surface area contributed by atoms with Gasteiger partial charge in [0.25, 0.3) is 0 Å². The zero-order valence-electron chi connectivity index (χ0n) is 13.4. The van der Waals surface area contributed by atoms with Gasteiger partial charge in [-0.15, -0.1) is 0 Å². The number of aryl methyl sites for hydroxylation is 4. The molecule has 0 bridgehead atoms. The van der Waals surface area contributed by atoms with Gasteiger partial charge in [-0.25, -0.2) is 0 Å². The van der Waals surface area contributed by atoms with E-state index in [4.69, 9.17) is 0 Å². The normalized spacial score (nSPS) is 12.2. The summed E-state index contributed by atoms with van der Waals surface area (Å²) in [6.45, 7) is 10.1. The highest BCUT2D eigenvalue weighted by molar-refractivity contribution is 5.91. The summed E-state index contributed by atoms with van der Waals surface area (Å²) in [5.41, 5.74) is 5.32. The second kappa shape index (κ2) is 6.12. The zero-order valence-corrected chi connectivity index (χ0v) is 13.4. The molecular formula is C17H23N3O. The van der Waals surface area contributed by atoms with Gasteiger partial charge >= 0.3 is 0 Å². The summed E-state index contributed by atoms with van der Waals surface area (Å²) >= 11 is 0. The lowest BCUT2D eigenvalue weighted by Crippen LogP contribution is -2.19. The highest BCUT2D eigenvalue weighted by Gasteiger charge is 2.14. The average molecular weight is 285 g/mol. The second-order valence-electron chi connectivity index (χ2n) is 5.77. The molecule has 0 fully saturated rings. The van der Waals surface area contributed by atoms with Crippen LogP contribution in [0.15, 0.2) is 24.3 Å². The van der Waals surface area contributed by atoms with Crippen molar-refractivity contribution in [3.63, 3.8) is 0 Å². The lowest BCUT2D eigenvalue weighted by atomic mass is 10.1. The van der Waals surface area contributed by atoms with E-state index >= 15 is 0 Å². The molecule has 0 aliphatic heterocycles. The Kier molecular flexibility index (Phi) is 4.46. The van der Waals surface area contributed by atoms with Crippen LogP contribution in [0.1, 0.15) is 41.9 Å². The number of nitrogens with one attached hydrogen (secondary N) is 1. The largest absolute Gasteiger partial charge is 0.326 e. The predicted octanol–water partition coefficient (Wildman–Crippen LogP) is 3.71. The molecule has 1 atom stereocenters. The van der Waals surface area contributed by atoms with E-state index in [1.54, 1.807) is 0 Å². The van der Waals surface area contributed by atoms with Crippen LogP contribution in [-0.2, 0) is 4.79 Å². The third kappa shape index (κ3) is 3.72. The number of nitrogens with zero attached hydrogens (tertiary/aromatic N) is 2. The lowest BCUT2D eigenvalue weighted by Gasteiger charge is -2.14. The quantitative estimate of drug-likeness (QED) is 0.931. The highest BCUT2D eigenvalue weighted by Crippen LogP contribution is 2.17. The molecule has 4 nitrogen and oxygen atoms in total. The Morgan fingerprint density at radius 3 is 2.48 bits per heavy atom. The van der Waals surface area contributed by atoms with Crippen LogP contribution in [0.4, 0.5) is 5.69 Å². The molecular weight excluding hydrogens is 262 g/mol. The monoisotopic (exact) mass is 285 g/mol. The van der Waals surface area contributed by atoms with Gasteiger partial charge in [0.15, 0.2) is 0 Å². The van der Waals surface area contributed by atoms with Gasteiger partial charge in [-0.1, -0.05) is 6.07 Å². The van der Waals surface area contributed by atoms with Crippen molar-refractivity contribution in [3.8, 4) is 0 Å². The third-order valence-corrected chi connectivity index (χ3v) is 3.73. The summed E-state index contributed by atoms with van der Waals surface area (Å²) in [7, 11) is 0. The molecule has 0 unspecified atom stereocenters. The Bertz CT molecular complexity index is 658. The first-order chi connectivity index (χ1) is 9.86. The minimum atomic E-state index is 0.0123. The van der Waals surface area contributed by atoms with Crippen LogP contribution in [-0.4, -0.2) is 15.7 Å². The number of hydrogen-bond donors (Lipinski definition) is 1. The predicted molar refractivity (Wildman–Crippen MR) is 85.6 cm³/mol. The molecule has 2 rings (SSSR count). The minimum absolute atomic E-state index is 0.0123. The molecule has 21 heavy (non-hydrogen) atoms. The Balaban J connectivity index is 2.01. The van der Waals surface area contributed by atoms with Gasteiger partial charge in [0.2, 0.25) is 5.91 Å². The van der Waals surface area contributed by atoms with E-state index in [9.17, 15) is 4.79 Å². The highest BCUT2D eigenvalue weighted by atomic mass is 16.1. The second-order valence-corrected chi connectivity index (χ2v) is 5.77. The fourth-order valence-corrected chi connectivity index (χ4v) is 2.48. The van der Waals surface area contributed by atoms with Crippen molar-refractivity contribution in [2.24, 2.45) is 0 Å². The first-order valence-corrected chi connectivity index (χ1v) is 7.26. The number of carbonyl (C=O) groups is 1. The van der Waals surface area contributed by atoms with Crippen LogP contribution < -0.4 is 5.32 Å². The summed E-state index contributed by atoms with van der Waals surface area (Å²) < 4.78 is 1.91. The minimum Gasteiger partial charge on any atom is -0.326 e. The Hall–Kier alpha value is -2.10. The first kappa shape index (κ1) is 15.3. The van der Waals surface area contributed by atoms with E-state index in [1.807, 2.05) is 56.6 Å². The number of aromatic nitrogens is 2. The van der Waals surface area contributed by atoms with Crippen molar-refractivity contribution >= 4 is 11.6 Å². The molecule has 0 radical (unpaired) electrons. The summed E-state index contributed by atoms with van der Waals surface area (Å²) in [6, 6.07) is 8.04. The van der Waals surface area contributed by atoms with Crippen molar-refractivity contribution in [1.29, 1.82) is 0 Å². The summed E-state index contributed by atoms with van der Waals surface area (Å²) in [4.78, 5) is 12.2. The summed E-state index contributed by atoms with van der Waals surface area (Å²) in [5.74, 6) is 0.0123. The average Bonchev–Trinajstić information content (AvgIpc) is 2.73. The molecule has 1 N–H and O–H groups in total. The van der Waals surface area contributed by atoms with Gasteiger partial charge in [-0.2, -0.15) is 5.10 Å². The molecule has 2 aromatic rings. The van der Waals surface area contributed by atoms with Crippen molar-refractivity contribution < 1.29 is 4.79 Å². The molecule has 0 saturated heterocycles. The van der Waals surface area contributed by atoms with Gasteiger partial charge in [0.1, 0.15) is 0 Å². The topological polar surface area (TPSA) is 46.9 Å². The zero-order chi connectivity index (χ0) is 15.6. The van der Waals surface area contributed by atoms with E-state index in [-0.39, 0.29) is 11.9 Å². The fourth-order valence-electron chi connectivity index (χ4n) is 2.48. The third-order valence-electron chi connectivity index (χ3n) is 3.73. The van der Waals surface area contributed by atoms with Gasteiger partial charge in [-0.05, 0) is 63.9 Å². The molecule has 0 spiro atoms. The molecule has 4 heteroatoms. The van der Waals surface area contributed by atoms with E-state index in [0.29, 0.717) is 6.42 Å². The van der Waals surface area contributed by atoms with Gasteiger partial charge < -0.3 is 5.32 Å². The van der Waals surface area contributed by atoms with E-state index in [0.717, 1.165) is 17.1 Å². The van der Waals surface area contributed by atoms with Gasteiger partial charge in [0.05, 0.1) is 11.7 Å². The number of anilines is 1. The summed E-state index contributed by atoms with van der Waals surface area (Å²) in [6.07, 6.45) is 0.412. The number of amides is 1. The number of hydrogen-bond acceptors (Lipinski definition) is 2. The van der Waals surface area contributed by atoms with E-state index in [1.165, 1.54) is 11.1 Å². The maximum absolute atomic E-state index is 12.2. The van der Waals surface area contributed by atoms with E-state index < -0.39 is 0 Å². The lowest BCUT2D eigenvalue weighted by molar-refractivity contribution is -0.116. The number of carbonyl (C=O) groups excluding carboxylic acids is 1. The van der Waals surface area contributed by atoms with Gasteiger partial charge in [0, 0.05) is 17.8 Å². The van der Waals surface area contributed by atoms with Crippen molar-refractivity contribution in [1.82, 2.24) is 9.78 Å². The molecule has 0 aliphatic carbocycles. The Morgan fingerprint density at radius 2 is 1.90 bits per heavy atom. The number of benzene rings is 1. The molecule has 1 amide bonds. The smallest absolute Gasteiger partial charge is 0.226 e. The molecule has 1 aromatic heterocycles. The maximum atomic E-state index is 12.2. The van der Waals surface area contributed by atoms with Crippen LogP contribution in [0.25, 0.3) is 0 Å². The SMILES string of the molecule is Cc1cc(C)n([C@H](C)CC(=O)Nc2ccc(C)c(C)c2)n1. The molecule has 1 aromatic carbocycles. The molecule has 1 heterocycles. The first-order valence-electron chi connectivity index (χ1n) is 7.26. The van der Waals surface area contributed by atoms with Crippen LogP contribution in [0.5, 0.6) is 0 Å². The summed E-state index contributed by atoms with van der Waals surface area (Å²) in [5, 5.41) is 7.39. The van der Waals surface area contributed by atoms with Gasteiger partial charge in [-0.3, -0.25) is 9.48 Å². The van der Waals surface area contributed by atoms with Crippen molar-refractivity contribution in [2.45, 2.75) is 47.1 Å². The molecule has 0 aliphatic rings. The fraction of sp³-hybridized carbons (Fsp3) is 0.412. The van der Waals surface area contributed by atoms with Crippen LogP contribution in [0.2, 0.25) is 0 Å². The van der Waals surface area contributed by atoms with Crippen LogP contribution in [0, 0.1) is 27.7 Å². The molecule has 0 saturated carbocycles. The van der Waals surface area contributed by atoms with Crippen LogP contribution >= 0.6 is 0 Å². The van der Waals surface area contributed by atoms with Crippen LogP contribution in [0.3, 0.4) is 0 Å². The Labute approximate surface area is 126 Å². The van der Waals surface area contributed by atoms with E-state index in [2.05, 4.69) is 17.3 Å². The Morgan fingerprint density at radius 1 is 1.19 bits per heavy atom. The maximum Gasteiger partial charge on any atom is 0.226 e. The number of rotatable bonds is 4. The van der Waals surface area contributed by atoms with Crippen molar-refractivity contribution in [2.75, 3.05) is 5.32 Å².